The zero-order chi connectivity index (χ0) is 9.97. The summed E-state index contributed by atoms with van der Waals surface area (Å²) in [4.78, 5) is 6.09. The summed E-state index contributed by atoms with van der Waals surface area (Å²) in [6, 6.07) is 1.46. The van der Waals surface area contributed by atoms with E-state index in [9.17, 15) is 4.39 Å². The molecule has 1 fully saturated rings. The molecule has 1 saturated heterocycles. The SMILES string of the molecule is Fc1cc(Br)cnc1N1CCSCC1. The fourth-order valence-corrected chi connectivity index (χ4v) is 2.62. The van der Waals surface area contributed by atoms with E-state index in [1.54, 1.807) is 6.20 Å². The van der Waals surface area contributed by atoms with E-state index in [-0.39, 0.29) is 5.82 Å². The Bertz CT molecular complexity index is 329. The second-order valence-electron chi connectivity index (χ2n) is 3.06. The molecule has 0 N–H and O–H groups in total. The Hall–Kier alpha value is -0.290. The fraction of sp³-hybridized carbons (Fsp3) is 0.444. The maximum atomic E-state index is 13.5. The van der Waals surface area contributed by atoms with E-state index >= 15 is 0 Å². The van der Waals surface area contributed by atoms with Gasteiger partial charge in [0.1, 0.15) is 0 Å². The standard InChI is InChI=1S/C9H10BrFN2S/c10-7-5-8(11)9(12-6-7)13-1-3-14-4-2-13/h5-6H,1-4H2. The highest BCUT2D eigenvalue weighted by atomic mass is 79.9. The van der Waals surface area contributed by atoms with Crippen molar-refractivity contribution >= 4 is 33.5 Å². The van der Waals surface area contributed by atoms with Gasteiger partial charge in [0.15, 0.2) is 11.6 Å². The molecule has 76 valence electrons. The molecule has 1 aromatic rings. The zero-order valence-electron chi connectivity index (χ0n) is 7.54. The second kappa shape index (κ2) is 4.49. The van der Waals surface area contributed by atoms with Crippen molar-refractivity contribution in [3.63, 3.8) is 0 Å². The molecule has 2 rings (SSSR count). The van der Waals surface area contributed by atoms with Crippen molar-refractivity contribution in [3.05, 3.63) is 22.6 Å². The highest BCUT2D eigenvalue weighted by Crippen LogP contribution is 2.22. The molecule has 2 nitrogen and oxygen atoms in total. The summed E-state index contributed by atoms with van der Waals surface area (Å²) >= 11 is 5.10. The lowest BCUT2D eigenvalue weighted by Crippen LogP contribution is -2.33. The van der Waals surface area contributed by atoms with Crippen LogP contribution in [0, 0.1) is 5.82 Å². The predicted molar refractivity (Wildman–Crippen MR) is 61.4 cm³/mol. The fourth-order valence-electron chi connectivity index (χ4n) is 1.42. The highest BCUT2D eigenvalue weighted by Gasteiger charge is 2.16. The molecular formula is C9H10BrFN2S. The Kier molecular flexibility index (Phi) is 3.28. The van der Waals surface area contributed by atoms with Crippen molar-refractivity contribution in [1.29, 1.82) is 0 Å². The van der Waals surface area contributed by atoms with E-state index in [1.165, 1.54) is 6.07 Å². The molecule has 1 aromatic heterocycles. The first-order valence-corrected chi connectivity index (χ1v) is 6.36. The van der Waals surface area contributed by atoms with Gasteiger partial charge in [-0.2, -0.15) is 11.8 Å². The summed E-state index contributed by atoms with van der Waals surface area (Å²) in [5, 5.41) is 0. The minimum Gasteiger partial charge on any atom is -0.353 e. The predicted octanol–water partition coefficient (Wildman–Crippen LogP) is 2.54. The summed E-state index contributed by atoms with van der Waals surface area (Å²) < 4.78 is 14.2. The lowest BCUT2D eigenvalue weighted by atomic mass is 10.4. The number of pyridine rings is 1. The van der Waals surface area contributed by atoms with Gasteiger partial charge in [0.2, 0.25) is 0 Å². The topological polar surface area (TPSA) is 16.1 Å². The smallest absolute Gasteiger partial charge is 0.166 e. The number of hydrogen-bond donors (Lipinski definition) is 0. The average molecular weight is 277 g/mol. The third-order valence-electron chi connectivity index (χ3n) is 2.10. The maximum absolute atomic E-state index is 13.5. The third kappa shape index (κ3) is 2.20. The van der Waals surface area contributed by atoms with Crippen molar-refractivity contribution < 1.29 is 4.39 Å². The summed E-state index contributed by atoms with van der Waals surface area (Å²) in [5.74, 6) is 2.34. The van der Waals surface area contributed by atoms with E-state index in [0.717, 1.165) is 24.6 Å². The van der Waals surface area contributed by atoms with Crippen LogP contribution in [0.3, 0.4) is 0 Å². The van der Waals surface area contributed by atoms with E-state index in [0.29, 0.717) is 10.3 Å². The van der Waals surface area contributed by atoms with Gasteiger partial charge in [-0.1, -0.05) is 0 Å². The van der Waals surface area contributed by atoms with Crippen molar-refractivity contribution in [1.82, 2.24) is 4.98 Å². The number of aromatic nitrogens is 1. The van der Waals surface area contributed by atoms with Crippen molar-refractivity contribution in [2.45, 2.75) is 0 Å². The van der Waals surface area contributed by atoms with Crippen molar-refractivity contribution in [3.8, 4) is 0 Å². The van der Waals surface area contributed by atoms with Gasteiger partial charge < -0.3 is 4.90 Å². The Labute approximate surface area is 95.0 Å². The first kappa shape index (κ1) is 10.2. The molecule has 0 unspecified atom stereocenters. The minimum atomic E-state index is -0.244. The van der Waals surface area contributed by atoms with Gasteiger partial charge in [0.05, 0.1) is 0 Å². The lowest BCUT2D eigenvalue weighted by Gasteiger charge is -2.27. The van der Waals surface area contributed by atoms with E-state index < -0.39 is 0 Å². The zero-order valence-corrected chi connectivity index (χ0v) is 9.94. The van der Waals surface area contributed by atoms with Crippen LogP contribution < -0.4 is 4.90 Å². The Morgan fingerprint density at radius 2 is 2.14 bits per heavy atom. The van der Waals surface area contributed by atoms with Gasteiger partial charge in [-0.15, -0.1) is 0 Å². The second-order valence-corrected chi connectivity index (χ2v) is 5.20. The molecule has 0 amide bonds. The highest BCUT2D eigenvalue weighted by molar-refractivity contribution is 9.10. The number of anilines is 1. The van der Waals surface area contributed by atoms with Gasteiger partial charge in [0.25, 0.3) is 0 Å². The van der Waals surface area contributed by atoms with Crippen LogP contribution in [0.1, 0.15) is 0 Å². The molecule has 0 aliphatic carbocycles. The van der Waals surface area contributed by atoms with E-state index in [2.05, 4.69) is 20.9 Å². The quantitative estimate of drug-likeness (QED) is 0.784. The molecule has 14 heavy (non-hydrogen) atoms. The van der Waals surface area contributed by atoms with Gasteiger partial charge >= 0.3 is 0 Å². The van der Waals surface area contributed by atoms with Crippen LogP contribution in [0.4, 0.5) is 10.2 Å². The van der Waals surface area contributed by atoms with Crippen LogP contribution in [-0.4, -0.2) is 29.6 Å². The molecule has 0 atom stereocenters. The van der Waals surface area contributed by atoms with Crippen LogP contribution in [-0.2, 0) is 0 Å². The summed E-state index contributed by atoms with van der Waals surface area (Å²) in [5.41, 5.74) is 0. The van der Waals surface area contributed by atoms with Crippen LogP contribution in [0.15, 0.2) is 16.7 Å². The number of thioether (sulfide) groups is 1. The van der Waals surface area contributed by atoms with Crippen LogP contribution >= 0.6 is 27.7 Å². The van der Waals surface area contributed by atoms with Gasteiger partial charge in [0, 0.05) is 35.3 Å². The average Bonchev–Trinajstić information content (AvgIpc) is 2.19. The van der Waals surface area contributed by atoms with Crippen molar-refractivity contribution in [2.75, 3.05) is 29.5 Å². The van der Waals surface area contributed by atoms with Gasteiger partial charge in [-0.25, -0.2) is 9.37 Å². The van der Waals surface area contributed by atoms with E-state index in [1.807, 2.05) is 16.7 Å². The Morgan fingerprint density at radius 1 is 1.43 bits per heavy atom. The molecule has 0 aromatic carbocycles. The van der Waals surface area contributed by atoms with Gasteiger partial charge in [-0.05, 0) is 22.0 Å². The normalized spacial score (nSPS) is 17.1. The molecule has 0 spiro atoms. The van der Waals surface area contributed by atoms with Gasteiger partial charge in [-0.3, -0.25) is 0 Å². The molecule has 5 heteroatoms. The summed E-state index contributed by atoms with van der Waals surface area (Å²) in [6.45, 7) is 1.77. The molecule has 0 saturated carbocycles. The van der Waals surface area contributed by atoms with Crippen LogP contribution in [0.25, 0.3) is 0 Å². The Morgan fingerprint density at radius 3 is 2.79 bits per heavy atom. The molecule has 0 bridgehead atoms. The largest absolute Gasteiger partial charge is 0.353 e. The number of hydrogen-bond acceptors (Lipinski definition) is 3. The molecule has 0 radical (unpaired) electrons. The number of rotatable bonds is 1. The maximum Gasteiger partial charge on any atom is 0.166 e. The lowest BCUT2D eigenvalue weighted by molar-refractivity contribution is 0.611. The van der Waals surface area contributed by atoms with Crippen LogP contribution in [0.2, 0.25) is 0 Å². The Balaban J connectivity index is 2.22. The van der Waals surface area contributed by atoms with Crippen LogP contribution in [0.5, 0.6) is 0 Å². The minimum absolute atomic E-state index is 0.244. The van der Waals surface area contributed by atoms with Crippen molar-refractivity contribution in [2.24, 2.45) is 0 Å². The monoisotopic (exact) mass is 276 g/mol. The third-order valence-corrected chi connectivity index (χ3v) is 3.48. The molecule has 1 aliphatic heterocycles. The number of nitrogens with zero attached hydrogens (tertiary/aromatic N) is 2. The molecular weight excluding hydrogens is 267 g/mol. The first-order chi connectivity index (χ1) is 6.77. The summed E-state index contributed by atoms with van der Waals surface area (Å²) in [6.07, 6.45) is 1.64. The first-order valence-electron chi connectivity index (χ1n) is 4.41. The molecule has 1 aliphatic rings. The molecule has 2 heterocycles. The number of halogens is 2. The van der Waals surface area contributed by atoms with E-state index in [4.69, 9.17) is 0 Å². The summed E-state index contributed by atoms with van der Waals surface area (Å²) in [7, 11) is 0.